The highest BCUT2D eigenvalue weighted by Crippen LogP contribution is 2.36. The molecule has 0 radical (unpaired) electrons. The van der Waals surface area contributed by atoms with Crippen molar-refractivity contribution in [1.29, 1.82) is 0 Å². The number of hydrogen-bond donors (Lipinski definition) is 2. The van der Waals surface area contributed by atoms with Crippen LogP contribution in [0.2, 0.25) is 0 Å². The third kappa shape index (κ3) is 3.28. The molecule has 106 valence electrons. The van der Waals surface area contributed by atoms with Crippen molar-refractivity contribution in [3.8, 4) is 5.75 Å². The van der Waals surface area contributed by atoms with Crippen LogP contribution in [0.4, 0.5) is 0 Å². The molecule has 1 fully saturated rings. The van der Waals surface area contributed by atoms with Gasteiger partial charge in [0, 0.05) is 17.6 Å². The summed E-state index contributed by atoms with van der Waals surface area (Å²) in [7, 11) is 1.72. The largest absolute Gasteiger partial charge is 0.496 e. The highest BCUT2D eigenvalue weighted by Gasteiger charge is 2.26. The van der Waals surface area contributed by atoms with E-state index in [1.54, 1.807) is 7.11 Å². The number of hydrogen-bond acceptors (Lipinski definition) is 3. The van der Waals surface area contributed by atoms with Crippen molar-refractivity contribution >= 4 is 0 Å². The molecular weight excluding hydrogens is 236 g/mol. The second-order valence-electron chi connectivity index (χ2n) is 5.63. The van der Waals surface area contributed by atoms with Crippen LogP contribution in [-0.2, 0) is 6.42 Å². The Balaban J connectivity index is 2.19. The summed E-state index contributed by atoms with van der Waals surface area (Å²) >= 11 is 0. The predicted molar refractivity (Wildman–Crippen MR) is 79.2 cm³/mol. The molecule has 1 aliphatic carbocycles. The van der Waals surface area contributed by atoms with Crippen LogP contribution in [0, 0.1) is 5.92 Å². The maximum absolute atomic E-state index is 6.49. The summed E-state index contributed by atoms with van der Waals surface area (Å²) < 4.78 is 5.47. The first-order chi connectivity index (χ1) is 9.15. The first-order valence-corrected chi connectivity index (χ1v) is 7.33. The fourth-order valence-electron chi connectivity index (χ4n) is 3.02. The van der Waals surface area contributed by atoms with E-state index in [2.05, 4.69) is 19.1 Å². The molecule has 0 aromatic heterocycles. The molecule has 1 aromatic carbocycles. The summed E-state index contributed by atoms with van der Waals surface area (Å²) in [6.07, 6.45) is 5.46. The molecule has 19 heavy (non-hydrogen) atoms. The standard InChI is InChI=1S/C16H26N2O/c1-3-11-4-9-15(19-2)14(10-11)16(18)12-5-7-13(17)8-6-12/h4,9-10,12-13,16H,3,5-8,17-18H2,1-2H3. The Hall–Kier alpha value is -1.06. The van der Waals surface area contributed by atoms with Crippen molar-refractivity contribution < 1.29 is 4.74 Å². The minimum Gasteiger partial charge on any atom is -0.496 e. The summed E-state index contributed by atoms with van der Waals surface area (Å²) in [5, 5.41) is 0. The lowest BCUT2D eigenvalue weighted by atomic mass is 9.79. The molecule has 0 heterocycles. The van der Waals surface area contributed by atoms with Crippen LogP contribution in [0.3, 0.4) is 0 Å². The summed E-state index contributed by atoms with van der Waals surface area (Å²) in [5.41, 5.74) is 14.9. The average Bonchev–Trinajstić information content (AvgIpc) is 2.46. The normalized spacial score (nSPS) is 25.1. The number of rotatable bonds is 4. The third-order valence-corrected chi connectivity index (χ3v) is 4.39. The van der Waals surface area contributed by atoms with Crippen molar-refractivity contribution in [2.24, 2.45) is 17.4 Å². The molecule has 4 N–H and O–H groups in total. The van der Waals surface area contributed by atoms with Crippen molar-refractivity contribution in [1.82, 2.24) is 0 Å². The van der Waals surface area contributed by atoms with Gasteiger partial charge in [0.15, 0.2) is 0 Å². The van der Waals surface area contributed by atoms with E-state index in [4.69, 9.17) is 16.2 Å². The second kappa shape index (κ2) is 6.40. The number of ether oxygens (including phenoxy) is 1. The first kappa shape index (κ1) is 14.4. The predicted octanol–water partition coefficient (Wildman–Crippen LogP) is 2.77. The van der Waals surface area contributed by atoms with E-state index in [0.29, 0.717) is 12.0 Å². The number of methoxy groups -OCH3 is 1. The molecule has 1 saturated carbocycles. The molecule has 3 nitrogen and oxygen atoms in total. The van der Waals surface area contributed by atoms with Gasteiger partial charge in [0.25, 0.3) is 0 Å². The Bertz CT molecular complexity index is 411. The number of benzene rings is 1. The van der Waals surface area contributed by atoms with Crippen LogP contribution < -0.4 is 16.2 Å². The first-order valence-electron chi connectivity index (χ1n) is 7.33. The Labute approximate surface area is 116 Å². The van der Waals surface area contributed by atoms with Crippen LogP contribution in [0.1, 0.15) is 49.8 Å². The third-order valence-electron chi connectivity index (χ3n) is 4.39. The van der Waals surface area contributed by atoms with Gasteiger partial charge < -0.3 is 16.2 Å². The molecule has 0 aliphatic heterocycles. The van der Waals surface area contributed by atoms with Crippen molar-refractivity contribution in [3.05, 3.63) is 29.3 Å². The summed E-state index contributed by atoms with van der Waals surface area (Å²) in [6.45, 7) is 2.16. The van der Waals surface area contributed by atoms with Crippen LogP contribution in [-0.4, -0.2) is 13.2 Å². The van der Waals surface area contributed by atoms with Gasteiger partial charge in [-0.05, 0) is 49.7 Å². The summed E-state index contributed by atoms with van der Waals surface area (Å²) in [4.78, 5) is 0. The van der Waals surface area contributed by atoms with Crippen molar-refractivity contribution in [2.75, 3.05) is 7.11 Å². The van der Waals surface area contributed by atoms with E-state index in [-0.39, 0.29) is 6.04 Å². The van der Waals surface area contributed by atoms with E-state index in [1.807, 2.05) is 6.07 Å². The zero-order valence-corrected chi connectivity index (χ0v) is 12.1. The van der Waals surface area contributed by atoms with Crippen LogP contribution in [0.5, 0.6) is 5.75 Å². The molecule has 0 amide bonds. The monoisotopic (exact) mass is 262 g/mol. The molecular formula is C16H26N2O. The maximum atomic E-state index is 6.49. The molecule has 1 aromatic rings. The van der Waals surface area contributed by atoms with E-state index in [1.165, 1.54) is 5.56 Å². The summed E-state index contributed by atoms with van der Waals surface area (Å²) in [5.74, 6) is 1.44. The van der Waals surface area contributed by atoms with Gasteiger partial charge in [0.2, 0.25) is 0 Å². The number of aryl methyl sites for hydroxylation is 1. The molecule has 0 spiro atoms. The highest BCUT2D eigenvalue weighted by molar-refractivity contribution is 5.39. The van der Waals surface area contributed by atoms with Crippen LogP contribution in [0.25, 0.3) is 0 Å². The second-order valence-corrected chi connectivity index (χ2v) is 5.63. The lowest BCUT2D eigenvalue weighted by Gasteiger charge is -2.31. The highest BCUT2D eigenvalue weighted by atomic mass is 16.5. The summed E-state index contributed by atoms with van der Waals surface area (Å²) in [6, 6.07) is 6.80. The van der Waals surface area contributed by atoms with E-state index < -0.39 is 0 Å². The topological polar surface area (TPSA) is 61.3 Å². The van der Waals surface area contributed by atoms with E-state index >= 15 is 0 Å². The van der Waals surface area contributed by atoms with E-state index in [0.717, 1.165) is 43.4 Å². The molecule has 0 saturated heterocycles. The average molecular weight is 262 g/mol. The van der Waals surface area contributed by atoms with Gasteiger partial charge in [-0.1, -0.05) is 19.1 Å². The fourth-order valence-corrected chi connectivity index (χ4v) is 3.02. The number of nitrogens with two attached hydrogens (primary N) is 2. The quantitative estimate of drug-likeness (QED) is 0.877. The Morgan fingerprint density at radius 3 is 2.53 bits per heavy atom. The van der Waals surface area contributed by atoms with E-state index in [9.17, 15) is 0 Å². The molecule has 2 rings (SSSR count). The van der Waals surface area contributed by atoms with Gasteiger partial charge in [0.1, 0.15) is 5.75 Å². The zero-order chi connectivity index (χ0) is 13.8. The van der Waals surface area contributed by atoms with Gasteiger partial charge in [-0.2, -0.15) is 0 Å². The van der Waals surface area contributed by atoms with Crippen molar-refractivity contribution in [2.45, 2.75) is 51.1 Å². The molecule has 3 heteroatoms. The van der Waals surface area contributed by atoms with Crippen LogP contribution >= 0.6 is 0 Å². The SMILES string of the molecule is CCc1ccc(OC)c(C(N)C2CCC(N)CC2)c1. The molecule has 1 unspecified atom stereocenters. The lowest BCUT2D eigenvalue weighted by molar-refractivity contribution is 0.280. The lowest BCUT2D eigenvalue weighted by Crippen LogP contribution is -2.31. The molecule has 1 atom stereocenters. The minimum absolute atomic E-state index is 0.0638. The Kier molecular flexibility index (Phi) is 4.83. The maximum Gasteiger partial charge on any atom is 0.123 e. The Morgan fingerprint density at radius 2 is 1.95 bits per heavy atom. The van der Waals surface area contributed by atoms with Gasteiger partial charge in [0.05, 0.1) is 7.11 Å². The smallest absolute Gasteiger partial charge is 0.123 e. The molecule has 0 bridgehead atoms. The minimum atomic E-state index is 0.0638. The van der Waals surface area contributed by atoms with Gasteiger partial charge in [-0.3, -0.25) is 0 Å². The molecule has 1 aliphatic rings. The van der Waals surface area contributed by atoms with Crippen molar-refractivity contribution in [3.63, 3.8) is 0 Å². The van der Waals surface area contributed by atoms with Gasteiger partial charge in [-0.25, -0.2) is 0 Å². The van der Waals surface area contributed by atoms with Gasteiger partial charge in [-0.15, -0.1) is 0 Å². The Morgan fingerprint density at radius 1 is 1.26 bits per heavy atom. The van der Waals surface area contributed by atoms with Gasteiger partial charge >= 0.3 is 0 Å². The zero-order valence-electron chi connectivity index (χ0n) is 12.1. The fraction of sp³-hybridized carbons (Fsp3) is 0.625. The van der Waals surface area contributed by atoms with Crippen LogP contribution in [0.15, 0.2) is 18.2 Å².